The summed E-state index contributed by atoms with van der Waals surface area (Å²) in [5, 5.41) is 10.1. The molecule has 0 aliphatic carbocycles. The number of aromatic nitrogens is 1. The van der Waals surface area contributed by atoms with Crippen LogP contribution in [0.1, 0.15) is 49.4 Å². The predicted octanol–water partition coefficient (Wildman–Crippen LogP) is 4.92. The van der Waals surface area contributed by atoms with Gasteiger partial charge >= 0.3 is 5.97 Å². The van der Waals surface area contributed by atoms with Crippen molar-refractivity contribution < 1.29 is 14.3 Å². The van der Waals surface area contributed by atoms with Gasteiger partial charge in [0, 0.05) is 16.3 Å². The Kier molecular flexibility index (Phi) is 6.25. The Hall–Kier alpha value is -2.42. The molecule has 0 fully saturated rings. The first-order valence-electron chi connectivity index (χ1n) is 8.51. The van der Waals surface area contributed by atoms with Gasteiger partial charge in [0.25, 0.3) is 0 Å². The maximum atomic E-state index is 12.6. The molecule has 1 unspecified atom stereocenters. The molecule has 0 bridgehead atoms. The molecule has 0 amide bonds. The third kappa shape index (κ3) is 4.65. The minimum Gasteiger partial charge on any atom is -0.467 e. The quantitative estimate of drug-likeness (QED) is 0.697. The molecule has 0 saturated carbocycles. The molecule has 1 aromatic carbocycles. The monoisotopic (exact) mass is 386 g/mol. The van der Waals surface area contributed by atoms with Gasteiger partial charge in [-0.1, -0.05) is 23.7 Å². The first kappa shape index (κ1) is 20.9. The average Bonchev–Trinajstić information content (AvgIpc) is 2.60. The largest absolute Gasteiger partial charge is 0.467 e. The normalized spacial score (nSPS) is 12.4. The Balaban J connectivity index is 2.84. The van der Waals surface area contributed by atoms with Crippen molar-refractivity contribution in [1.82, 2.24) is 4.98 Å². The van der Waals surface area contributed by atoms with Crippen LogP contribution in [0.4, 0.5) is 0 Å². The van der Waals surface area contributed by atoms with Gasteiger partial charge in [-0.2, -0.15) is 5.26 Å². The van der Waals surface area contributed by atoms with Gasteiger partial charge in [0.1, 0.15) is 11.8 Å². The van der Waals surface area contributed by atoms with E-state index in [-0.39, 0.29) is 0 Å². The van der Waals surface area contributed by atoms with E-state index in [1.807, 2.05) is 39.8 Å². The molecule has 1 aromatic heterocycles. The molecular formula is C21H23ClN2O3. The number of carbonyl (C=O) groups is 1. The highest BCUT2D eigenvalue weighted by Gasteiger charge is 2.33. The van der Waals surface area contributed by atoms with Crippen LogP contribution in [-0.2, 0) is 14.3 Å². The zero-order chi connectivity index (χ0) is 20.4. The summed E-state index contributed by atoms with van der Waals surface area (Å²) in [5.41, 5.74) is 3.07. The molecule has 0 spiro atoms. The summed E-state index contributed by atoms with van der Waals surface area (Å²) in [5.74, 6) is -0.519. The molecule has 0 aliphatic heterocycles. The lowest BCUT2D eigenvalue weighted by molar-refractivity contribution is -0.164. The molecule has 0 saturated heterocycles. The third-order valence-electron chi connectivity index (χ3n) is 4.06. The van der Waals surface area contributed by atoms with Gasteiger partial charge in [-0.25, -0.2) is 9.78 Å². The number of esters is 1. The molecule has 1 atom stereocenters. The fourth-order valence-corrected chi connectivity index (χ4v) is 3.04. The molecule has 0 N–H and O–H groups in total. The average molecular weight is 387 g/mol. The maximum Gasteiger partial charge on any atom is 0.339 e. The number of hydrogen-bond donors (Lipinski definition) is 0. The van der Waals surface area contributed by atoms with E-state index in [1.54, 1.807) is 19.1 Å². The van der Waals surface area contributed by atoms with Crippen molar-refractivity contribution in [2.24, 2.45) is 0 Å². The van der Waals surface area contributed by atoms with Crippen LogP contribution < -0.4 is 0 Å². The summed E-state index contributed by atoms with van der Waals surface area (Å²) >= 11 is 6.03. The van der Waals surface area contributed by atoms with Crippen molar-refractivity contribution in [1.29, 1.82) is 5.26 Å². The summed E-state index contributed by atoms with van der Waals surface area (Å²) in [6, 6.07) is 9.34. The minimum atomic E-state index is -0.973. The van der Waals surface area contributed by atoms with Crippen molar-refractivity contribution in [2.45, 2.75) is 46.3 Å². The number of methoxy groups -OCH3 is 1. The molecule has 6 heteroatoms. The van der Waals surface area contributed by atoms with E-state index < -0.39 is 17.7 Å². The lowest BCUT2D eigenvalue weighted by Crippen LogP contribution is -2.29. The Morgan fingerprint density at radius 1 is 1.22 bits per heavy atom. The van der Waals surface area contributed by atoms with Crippen LogP contribution in [0.25, 0.3) is 11.1 Å². The van der Waals surface area contributed by atoms with E-state index in [0.717, 1.165) is 11.1 Å². The van der Waals surface area contributed by atoms with Crippen LogP contribution in [0.2, 0.25) is 5.02 Å². The standard InChI is InChI=1S/C21H23ClN2O3/c1-12-16(11-23)24-13(2)18(17(12)14-7-9-15(22)10-8-14)19(20(25)26-6)27-21(3,4)5/h7-10,19H,1-6H3. The number of nitrogens with zero attached hydrogens (tertiary/aromatic N) is 2. The Morgan fingerprint density at radius 3 is 2.30 bits per heavy atom. The van der Waals surface area contributed by atoms with Gasteiger partial charge in [-0.3, -0.25) is 0 Å². The summed E-state index contributed by atoms with van der Waals surface area (Å²) in [7, 11) is 1.32. The van der Waals surface area contributed by atoms with E-state index in [4.69, 9.17) is 21.1 Å². The fraction of sp³-hybridized carbons (Fsp3) is 0.381. The van der Waals surface area contributed by atoms with Crippen LogP contribution in [-0.4, -0.2) is 23.7 Å². The van der Waals surface area contributed by atoms with Crippen molar-refractivity contribution >= 4 is 17.6 Å². The highest BCUT2D eigenvalue weighted by molar-refractivity contribution is 6.30. The number of aryl methyl sites for hydroxylation is 1. The summed E-state index contributed by atoms with van der Waals surface area (Å²) < 4.78 is 11.0. The molecule has 1 heterocycles. The van der Waals surface area contributed by atoms with Gasteiger partial charge in [0.2, 0.25) is 0 Å². The number of ether oxygens (including phenoxy) is 2. The second-order valence-electron chi connectivity index (χ2n) is 7.21. The highest BCUT2D eigenvalue weighted by Crippen LogP contribution is 2.38. The summed E-state index contributed by atoms with van der Waals surface area (Å²) in [4.78, 5) is 17.0. The van der Waals surface area contributed by atoms with Gasteiger partial charge in [-0.05, 0) is 63.4 Å². The zero-order valence-corrected chi connectivity index (χ0v) is 17.1. The molecule has 5 nitrogen and oxygen atoms in total. The maximum absolute atomic E-state index is 12.6. The van der Waals surface area contributed by atoms with Gasteiger partial charge < -0.3 is 9.47 Å². The number of pyridine rings is 1. The Bertz CT molecular complexity index is 894. The minimum absolute atomic E-state index is 0.306. The first-order chi connectivity index (χ1) is 12.6. The number of nitriles is 1. The SMILES string of the molecule is COC(=O)C(OC(C)(C)C)c1c(C)nc(C#N)c(C)c1-c1ccc(Cl)cc1. The summed E-state index contributed by atoms with van der Waals surface area (Å²) in [6.45, 7) is 9.17. The third-order valence-corrected chi connectivity index (χ3v) is 4.31. The fourth-order valence-electron chi connectivity index (χ4n) is 2.92. The second-order valence-corrected chi connectivity index (χ2v) is 7.65. The van der Waals surface area contributed by atoms with E-state index in [2.05, 4.69) is 11.1 Å². The van der Waals surface area contributed by atoms with Crippen molar-refractivity contribution in [3.05, 3.63) is 51.8 Å². The van der Waals surface area contributed by atoms with Crippen molar-refractivity contribution in [2.75, 3.05) is 7.11 Å². The lowest BCUT2D eigenvalue weighted by atomic mass is 9.90. The number of rotatable bonds is 4. The topological polar surface area (TPSA) is 72.2 Å². The molecule has 142 valence electrons. The summed E-state index contributed by atoms with van der Waals surface area (Å²) in [6.07, 6.45) is -0.973. The molecule has 2 rings (SSSR count). The number of hydrogen-bond acceptors (Lipinski definition) is 5. The van der Waals surface area contributed by atoms with Crippen LogP contribution in [0.15, 0.2) is 24.3 Å². The van der Waals surface area contributed by atoms with E-state index in [0.29, 0.717) is 27.5 Å². The van der Waals surface area contributed by atoms with Gasteiger partial charge in [0.05, 0.1) is 12.7 Å². The molecular weight excluding hydrogens is 364 g/mol. The smallest absolute Gasteiger partial charge is 0.339 e. The molecule has 0 aliphatic rings. The second kappa shape index (κ2) is 8.08. The Morgan fingerprint density at radius 2 is 1.81 bits per heavy atom. The molecule has 27 heavy (non-hydrogen) atoms. The molecule has 0 radical (unpaired) electrons. The van der Waals surface area contributed by atoms with E-state index in [9.17, 15) is 10.1 Å². The van der Waals surface area contributed by atoms with Crippen LogP contribution >= 0.6 is 11.6 Å². The van der Waals surface area contributed by atoms with E-state index >= 15 is 0 Å². The van der Waals surface area contributed by atoms with Crippen LogP contribution in [0, 0.1) is 25.2 Å². The number of benzene rings is 1. The van der Waals surface area contributed by atoms with Crippen LogP contribution in [0.3, 0.4) is 0 Å². The Labute approximate surface area is 164 Å². The van der Waals surface area contributed by atoms with Gasteiger partial charge in [-0.15, -0.1) is 0 Å². The van der Waals surface area contributed by atoms with Crippen LogP contribution in [0.5, 0.6) is 0 Å². The predicted molar refractivity (Wildman–Crippen MR) is 104 cm³/mol. The highest BCUT2D eigenvalue weighted by atomic mass is 35.5. The van der Waals surface area contributed by atoms with Gasteiger partial charge in [0.15, 0.2) is 6.10 Å². The first-order valence-corrected chi connectivity index (χ1v) is 8.89. The number of carbonyl (C=O) groups excluding carboxylic acids is 1. The zero-order valence-electron chi connectivity index (χ0n) is 16.4. The van der Waals surface area contributed by atoms with Crippen molar-refractivity contribution in [3.63, 3.8) is 0 Å². The van der Waals surface area contributed by atoms with Crippen molar-refractivity contribution in [3.8, 4) is 17.2 Å². The lowest BCUT2D eigenvalue weighted by Gasteiger charge is -2.29. The van der Waals surface area contributed by atoms with E-state index in [1.165, 1.54) is 7.11 Å². The molecule has 2 aromatic rings. The number of halogens is 1.